The van der Waals surface area contributed by atoms with E-state index in [1.807, 2.05) is 12.1 Å². The molecule has 2 rings (SSSR count). The van der Waals surface area contributed by atoms with Gasteiger partial charge in [-0.2, -0.15) is 0 Å². The van der Waals surface area contributed by atoms with E-state index < -0.39 is 0 Å². The Hall–Kier alpha value is -0.930. The molecular weight excluding hydrogens is 205 g/mol. The Labute approximate surface area is 95.8 Å². The molecule has 2 nitrogen and oxygen atoms in total. The van der Waals surface area contributed by atoms with Crippen LogP contribution in [0, 0.1) is 12.7 Å². The minimum Gasteiger partial charge on any atom is -0.381 e. The van der Waals surface area contributed by atoms with Crippen molar-refractivity contribution in [1.82, 2.24) is 5.32 Å². The van der Waals surface area contributed by atoms with Crippen LogP contribution in [0.5, 0.6) is 0 Å². The van der Waals surface area contributed by atoms with Crippen LogP contribution >= 0.6 is 0 Å². The van der Waals surface area contributed by atoms with Crippen molar-refractivity contribution in [2.45, 2.75) is 38.5 Å². The van der Waals surface area contributed by atoms with Crippen molar-refractivity contribution in [3.05, 3.63) is 35.1 Å². The highest BCUT2D eigenvalue weighted by molar-refractivity contribution is 5.23. The van der Waals surface area contributed by atoms with Crippen LogP contribution in [-0.2, 0) is 11.3 Å². The van der Waals surface area contributed by atoms with Gasteiger partial charge in [-0.3, -0.25) is 0 Å². The summed E-state index contributed by atoms with van der Waals surface area (Å²) in [6.07, 6.45) is 2.53. The molecule has 1 aromatic carbocycles. The normalized spacial score (nSPS) is 24.2. The molecule has 3 heteroatoms. The maximum Gasteiger partial charge on any atom is 0.126 e. The molecule has 88 valence electrons. The predicted octanol–water partition coefficient (Wildman–Crippen LogP) is 2.40. The summed E-state index contributed by atoms with van der Waals surface area (Å²) in [5.74, 6) is -0.123. The Morgan fingerprint density at radius 1 is 1.44 bits per heavy atom. The van der Waals surface area contributed by atoms with Gasteiger partial charge in [0, 0.05) is 19.7 Å². The van der Waals surface area contributed by atoms with E-state index in [9.17, 15) is 4.39 Å². The SMILES string of the molecule is COC1CC(NCc2ccc(C)c(F)c2)C1. The molecule has 1 aromatic rings. The largest absolute Gasteiger partial charge is 0.381 e. The highest BCUT2D eigenvalue weighted by atomic mass is 19.1. The minimum absolute atomic E-state index is 0.123. The molecule has 0 bridgehead atoms. The number of hydrogen-bond donors (Lipinski definition) is 1. The lowest BCUT2D eigenvalue weighted by atomic mass is 9.89. The molecule has 1 fully saturated rings. The van der Waals surface area contributed by atoms with Gasteiger partial charge >= 0.3 is 0 Å². The fourth-order valence-electron chi connectivity index (χ4n) is 1.93. The average Bonchev–Trinajstić information content (AvgIpc) is 2.21. The molecular formula is C13H18FNO. The van der Waals surface area contributed by atoms with Gasteiger partial charge in [0.2, 0.25) is 0 Å². The first-order valence-electron chi connectivity index (χ1n) is 5.70. The monoisotopic (exact) mass is 223 g/mol. The molecule has 16 heavy (non-hydrogen) atoms. The minimum atomic E-state index is -0.123. The van der Waals surface area contributed by atoms with Crippen molar-refractivity contribution in [3.8, 4) is 0 Å². The van der Waals surface area contributed by atoms with Crippen molar-refractivity contribution in [1.29, 1.82) is 0 Å². The van der Waals surface area contributed by atoms with Crippen LogP contribution in [0.2, 0.25) is 0 Å². The molecule has 1 aliphatic rings. The molecule has 0 radical (unpaired) electrons. The van der Waals surface area contributed by atoms with Crippen molar-refractivity contribution in [2.75, 3.05) is 7.11 Å². The second kappa shape index (κ2) is 4.93. The zero-order chi connectivity index (χ0) is 11.5. The fourth-order valence-corrected chi connectivity index (χ4v) is 1.93. The second-order valence-corrected chi connectivity index (χ2v) is 4.49. The third-order valence-corrected chi connectivity index (χ3v) is 3.26. The number of nitrogens with one attached hydrogen (secondary N) is 1. The maximum absolute atomic E-state index is 13.3. The number of aryl methyl sites for hydroxylation is 1. The van der Waals surface area contributed by atoms with Gasteiger partial charge in [0.1, 0.15) is 5.82 Å². The molecule has 1 saturated carbocycles. The van der Waals surface area contributed by atoms with Crippen LogP contribution < -0.4 is 5.32 Å². The van der Waals surface area contributed by atoms with Crippen molar-refractivity contribution >= 4 is 0 Å². The van der Waals surface area contributed by atoms with Crippen LogP contribution in [0.15, 0.2) is 18.2 Å². The molecule has 0 spiro atoms. The molecule has 1 aliphatic carbocycles. The highest BCUT2D eigenvalue weighted by Gasteiger charge is 2.28. The van der Waals surface area contributed by atoms with Gasteiger partial charge in [0.25, 0.3) is 0 Å². The smallest absolute Gasteiger partial charge is 0.126 e. The Kier molecular flexibility index (Phi) is 3.56. The van der Waals surface area contributed by atoms with Gasteiger partial charge in [0.05, 0.1) is 6.10 Å². The van der Waals surface area contributed by atoms with Gasteiger partial charge in [-0.1, -0.05) is 12.1 Å². The van der Waals surface area contributed by atoms with Gasteiger partial charge in [0.15, 0.2) is 0 Å². The zero-order valence-electron chi connectivity index (χ0n) is 9.79. The molecule has 0 unspecified atom stereocenters. The molecule has 0 aliphatic heterocycles. The predicted molar refractivity (Wildman–Crippen MR) is 61.8 cm³/mol. The summed E-state index contributed by atoms with van der Waals surface area (Å²) in [5, 5.41) is 3.40. The van der Waals surface area contributed by atoms with E-state index in [-0.39, 0.29) is 5.82 Å². The Morgan fingerprint density at radius 3 is 2.81 bits per heavy atom. The van der Waals surface area contributed by atoms with Gasteiger partial charge in [-0.05, 0) is 37.0 Å². The first kappa shape index (κ1) is 11.6. The van der Waals surface area contributed by atoms with Crippen LogP contribution in [0.3, 0.4) is 0 Å². The van der Waals surface area contributed by atoms with Gasteiger partial charge in [-0.25, -0.2) is 4.39 Å². The second-order valence-electron chi connectivity index (χ2n) is 4.49. The Morgan fingerprint density at radius 2 is 2.19 bits per heavy atom. The number of halogens is 1. The zero-order valence-corrected chi connectivity index (χ0v) is 9.79. The van der Waals surface area contributed by atoms with Crippen LogP contribution in [-0.4, -0.2) is 19.3 Å². The summed E-state index contributed by atoms with van der Waals surface area (Å²) in [5.41, 5.74) is 1.70. The molecule has 0 amide bonds. The van der Waals surface area contributed by atoms with E-state index in [1.54, 1.807) is 20.1 Å². The number of benzene rings is 1. The first-order valence-corrected chi connectivity index (χ1v) is 5.70. The number of hydrogen-bond acceptors (Lipinski definition) is 2. The standard InChI is InChI=1S/C13H18FNO/c1-9-3-4-10(5-13(9)14)8-15-11-6-12(7-11)16-2/h3-5,11-12,15H,6-8H2,1-2H3. The summed E-state index contributed by atoms with van der Waals surface area (Å²) in [6.45, 7) is 2.51. The lowest BCUT2D eigenvalue weighted by Gasteiger charge is -2.34. The van der Waals surface area contributed by atoms with E-state index >= 15 is 0 Å². The van der Waals surface area contributed by atoms with E-state index in [0.717, 1.165) is 24.9 Å². The number of rotatable bonds is 4. The Balaban J connectivity index is 1.80. The van der Waals surface area contributed by atoms with Crippen molar-refractivity contribution < 1.29 is 9.13 Å². The topological polar surface area (TPSA) is 21.3 Å². The van der Waals surface area contributed by atoms with Crippen LogP contribution in [0.1, 0.15) is 24.0 Å². The molecule has 0 heterocycles. The van der Waals surface area contributed by atoms with Crippen LogP contribution in [0.4, 0.5) is 4.39 Å². The highest BCUT2D eigenvalue weighted by Crippen LogP contribution is 2.22. The third kappa shape index (κ3) is 2.60. The van der Waals surface area contributed by atoms with Crippen LogP contribution in [0.25, 0.3) is 0 Å². The number of methoxy groups -OCH3 is 1. The fraction of sp³-hybridized carbons (Fsp3) is 0.538. The van der Waals surface area contributed by atoms with E-state index in [1.165, 1.54) is 0 Å². The Bertz CT molecular complexity index is 361. The van der Waals surface area contributed by atoms with E-state index in [4.69, 9.17) is 4.74 Å². The first-order chi connectivity index (χ1) is 7.69. The van der Waals surface area contributed by atoms with E-state index in [0.29, 0.717) is 17.7 Å². The number of ether oxygens (including phenoxy) is 1. The summed E-state index contributed by atoms with van der Waals surface area (Å²) >= 11 is 0. The third-order valence-electron chi connectivity index (χ3n) is 3.26. The lowest BCUT2D eigenvalue weighted by molar-refractivity contribution is 0.0170. The molecule has 0 atom stereocenters. The van der Waals surface area contributed by atoms with Crippen molar-refractivity contribution in [3.63, 3.8) is 0 Å². The quantitative estimate of drug-likeness (QED) is 0.846. The summed E-state index contributed by atoms with van der Waals surface area (Å²) in [6, 6.07) is 5.92. The van der Waals surface area contributed by atoms with Gasteiger partial charge < -0.3 is 10.1 Å². The van der Waals surface area contributed by atoms with Gasteiger partial charge in [-0.15, -0.1) is 0 Å². The maximum atomic E-state index is 13.3. The average molecular weight is 223 g/mol. The molecule has 0 aromatic heterocycles. The summed E-state index contributed by atoms with van der Waals surface area (Å²) in [7, 11) is 1.75. The van der Waals surface area contributed by atoms with E-state index in [2.05, 4.69) is 5.32 Å². The lowest BCUT2D eigenvalue weighted by Crippen LogP contribution is -2.44. The molecule has 1 N–H and O–H groups in total. The summed E-state index contributed by atoms with van der Waals surface area (Å²) in [4.78, 5) is 0. The summed E-state index contributed by atoms with van der Waals surface area (Å²) < 4.78 is 18.5. The van der Waals surface area contributed by atoms with Crippen molar-refractivity contribution in [2.24, 2.45) is 0 Å². The molecule has 0 saturated heterocycles.